The maximum atomic E-state index is 7.10. The average molecular weight is 342 g/mol. The van der Waals surface area contributed by atoms with Crippen molar-refractivity contribution in [2.45, 2.75) is 6.10 Å². The molecule has 0 saturated heterocycles. The molecule has 7 heteroatoms. The van der Waals surface area contributed by atoms with E-state index < -0.39 is 0 Å². The van der Waals surface area contributed by atoms with Gasteiger partial charge >= 0.3 is 0 Å². The number of hydrogen-bond acceptors (Lipinski definition) is 4. The predicted octanol–water partition coefficient (Wildman–Crippen LogP) is 2.45. The summed E-state index contributed by atoms with van der Waals surface area (Å²) in [5.74, 6) is 2.18. The van der Waals surface area contributed by atoms with Gasteiger partial charge in [-0.05, 0) is 12.1 Å². The number of thioether (sulfide) groups is 1. The van der Waals surface area contributed by atoms with Gasteiger partial charge in [-0.15, -0.1) is 29.4 Å². The van der Waals surface area contributed by atoms with Crippen LogP contribution in [0.3, 0.4) is 0 Å². The van der Waals surface area contributed by atoms with Gasteiger partial charge in [0.05, 0.1) is 0 Å². The van der Waals surface area contributed by atoms with Crippen LogP contribution in [-0.4, -0.2) is 23.6 Å². The van der Waals surface area contributed by atoms with E-state index in [1.165, 1.54) is 11.8 Å². The van der Waals surface area contributed by atoms with Crippen LogP contribution in [0.1, 0.15) is 0 Å². The molecule has 1 aromatic carbocycles. The van der Waals surface area contributed by atoms with Gasteiger partial charge in [-0.25, -0.2) is 0 Å². The number of nitrogens with two attached hydrogens (primary N) is 1. The molecule has 0 aromatic heterocycles. The van der Waals surface area contributed by atoms with Crippen LogP contribution < -0.4 is 15.2 Å². The fourth-order valence-electron chi connectivity index (χ4n) is 1.33. The van der Waals surface area contributed by atoms with Gasteiger partial charge in [-0.2, -0.15) is 0 Å². The first-order valence-corrected chi connectivity index (χ1v) is 5.59. The molecule has 1 atom stereocenters. The Morgan fingerprint density at radius 3 is 2.71 bits per heavy atom. The summed E-state index contributed by atoms with van der Waals surface area (Å²) in [5.41, 5.74) is 5.25. The van der Waals surface area contributed by atoms with Crippen LogP contribution in [0.4, 0.5) is 0 Å². The highest BCUT2D eigenvalue weighted by Crippen LogP contribution is 2.31. The topological polar surface area (TPSA) is 68.3 Å². The minimum atomic E-state index is -0.0335. The normalized spacial score (nSPS) is 16.4. The Kier molecular flexibility index (Phi) is 7.41. The van der Waals surface area contributed by atoms with Gasteiger partial charge in [0.2, 0.25) is 0 Å². The molecule has 2 rings (SSSR count). The lowest BCUT2D eigenvalue weighted by molar-refractivity contribution is 0.107. The van der Waals surface area contributed by atoms with E-state index >= 15 is 0 Å². The van der Waals surface area contributed by atoms with Crippen molar-refractivity contribution in [1.82, 2.24) is 0 Å². The fraction of sp³-hybridized carbons (Fsp3) is 0.300. The molecule has 17 heavy (non-hydrogen) atoms. The van der Waals surface area contributed by atoms with E-state index in [0.717, 1.165) is 11.5 Å². The number of benzene rings is 1. The fourth-order valence-corrected chi connectivity index (χ4v) is 1.86. The zero-order valence-electron chi connectivity index (χ0n) is 8.92. The Hall–Kier alpha value is -0.590. The summed E-state index contributed by atoms with van der Waals surface area (Å²) < 4.78 is 11.2. The second-order valence-corrected chi connectivity index (χ2v) is 4.23. The molecule has 0 bridgehead atoms. The summed E-state index contributed by atoms with van der Waals surface area (Å²) >= 11 is 1.27. The molecule has 1 aromatic rings. The summed E-state index contributed by atoms with van der Waals surface area (Å²) in [5, 5.41) is 7.21. The van der Waals surface area contributed by atoms with Crippen LogP contribution in [0.2, 0.25) is 0 Å². The van der Waals surface area contributed by atoms with Gasteiger partial charge in [-0.1, -0.05) is 23.9 Å². The summed E-state index contributed by atoms with van der Waals surface area (Å²) in [6.07, 6.45) is -0.0335. The Bertz CT molecular complexity index is 381. The highest BCUT2D eigenvalue weighted by Gasteiger charge is 2.20. The third-order valence-electron chi connectivity index (χ3n) is 1.99. The Morgan fingerprint density at radius 2 is 2.06 bits per heavy atom. The zero-order valence-corrected chi connectivity index (χ0v) is 12.3. The summed E-state index contributed by atoms with van der Waals surface area (Å²) in [6.45, 7) is 0.511. The molecular formula is C10H14BrClN2O2S. The Balaban J connectivity index is 0.00000128. The number of para-hydroxylation sites is 2. The number of halogens is 2. The molecule has 0 aliphatic carbocycles. The van der Waals surface area contributed by atoms with Crippen molar-refractivity contribution in [2.24, 2.45) is 5.73 Å². The molecule has 1 aliphatic rings. The van der Waals surface area contributed by atoms with Crippen LogP contribution in [0.25, 0.3) is 0 Å². The highest BCUT2D eigenvalue weighted by atomic mass is 79.9. The number of rotatable bonds is 2. The Morgan fingerprint density at radius 1 is 1.41 bits per heavy atom. The molecule has 0 spiro atoms. The summed E-state index contributed by atoms with van der Waals surface area (Å²) in [6, 6.07) is 7.57. The summed E-state index contributed by atoms with van der Waals surface area (Å²) in [7, 11) is 0. The highest BCUT2D eigenvalue weighted by molar-refractivity contribution is 8.93. The molecule has 4 nitrogen and oxygen atoms in total. The first-order chi connectivity index (χ1) is 7.25. The first-order valence-electron chi connectivity index (χ1n) is 4.61. The van der Waals surface area contributed by atoms with Crippen molar-refractivity contribution >= 4 is 46.3 Å². The van der Waals surface area contributed by atoms with E-state index in [2.05, 4.69) is 0 Å². The van der Waals surface area contributed by atoms with E-state index in [-0.39, 0.29) is 40.7 Å². The van der Waals surface area contributed by atoms with Gasteiger partial charge in [0.25, 0.3) is 0 Å². The second kappa shape index (κ2) is 7.68. The van der Waals surface area contributed by atoms with Crippen molar-refractivity contribution in [3.8, 4) is 11.5 Å². The van der Waals surface area contributed by atoms with E-state index in [4.69, 9.17) is 20.6 Å². The number of amidine groups is 1. The second-order valence-electron chi connectivity index (χ2n) is 3.17. The molecule has 3 N–H and O–H groups in total. The van der Waals surface area contributed by atoms with Crippen LogP contribution in [0.15, 0.2) is 24.3 Å². The van der Waals surface area contributed by atoms with Crippen molar-refractivity contribution in [1.29, 1.82) is 5.41 Å². The monoisotopic (exact) mass is 340 g/mol. The lowest BCUT2D eigenvalue weighted by Crippen LogP contribution is -2.32. The standard InChI is InChI=1S/C10H12N2O2S.BrH.ClH/c11-10(12)15-6-7-5-13-8-3-1-2-4-9(8)14-7;;/h1-4,7H,5-6H2,(H3,11,12);2*1H. The number of nitrogens with one attached hydrogen (secondary N) is 1. The molecule has 1 aliphatic heterocycles. The van der Waals surface area contributed by atoms with Crippen molar-refractivity contribution in [3.05, 3.63) is 24.3 Å². The molecule has 0 radical (unpaired) electrons. The molecule has 1 unspecified atom stereocenters. The predicted molar refractivity (Wildman–Crippen MR) is 78.3 cm³/mol. The van der Waals surface area contributed by atoms with Gasteiger partial charge < -0.3 is 15.2 Å². The zero-order chi connectivity index (χ0) is 10.7. The van der Waals surface area contributed by atoms with Crippen molar-refractivity contribution in [3.63, 3.8) is 0 Å². The van der Waals surface area contributed by atoms with Crippen LogP contribution >= 0.6 is 41.2 Å². The largest absolute Gasteiger partial charge is 0.486 e. The number of fused-ring (bicyclic) bond motifs is 1. The van der Waals surface area contributed by atoms with Crippen LogP contribution in [-0.2, 0) is 0 Å². The SMILES string of the molecule is Br.Cl.N=C(N)SCC1COc2ccccc2O1. The smallest absolute Gasteiger partial charge is 0.161 e. The third kappa shape index (κ3) is 4.65. The lowest BCUT2D eigenvalue weighted by Gasteiger charge is -2.25. The van der Waals surface area contributed by atoms with Gasteiger partial charge in [0.15, 0.2) is 16.7 Å². The van der Waals surface area contributed by atoms with Gasteiger partial charge in [0.1, 0.15) is 12.7 Å². The lowest BCUT2D eigenvalue weighted by atomic mass is 10.3. The molecule has 0 saturated carbocycles. The minimum Gasteiger partial charge on any atom is -0.486 e. The molecule has 1 heterocycles. The van der Waals surface area contributed by atoms with Crippen LogP contribution in [0.5, 0.6) is 11.5 Å². The minimum absolute atomic E-state index is 0. The quantitative estimate of drug-likeness (QED) is 0.640. The number of ether oxygens (including phenoxy) is 2. The molecular weight excluding hydrogens is 328 g/mol. The maximum absolute atomic E-state index is 7.10. The maximum Gasteiger partial charge on any atom is 0.161 e. The average Bonchev–Trinajstić information content (AvgIpc) is 2.26. The van der Waals surface area contributed by atoms with Crippen LogP contribution in [0, 0.1) is 5.41 Å². The Labute approximate surface area is 121 Å². The molecule has 96 valence electrons. The van der Waals surface area contributed by atoms with E-state index in [0.29, 0.717) is 12.4 Å². The third-order valence-corrected chi connectivity index (χ3v) is 2.84. The first kappa shape index (κ1) is 16.4. The molecule has 0 fully saturated rings. The number of hydrogen-bond donors (Lipinski definition) is 2. The van der Waals surface area contributed by atoms with Crippen molar-refractivity contribution < 1.29 is 9.47 Å². The van der Waals surface area contributed by atoms with Crippen molar-refractivity contribution in [2.75, 3.05) is 12.4 Å². The molecule has 0 amide bonds. The van der Waals surface area contributed by atoms with Gasteiger partial charge in [-0.3, -0.25) is 5.41 Å². The van der Waals surface area contributed by atoms with E-state index in [1.54, 1.807) is 0 Å². The van der Waals surface area contributed by atoms with Gasteiger partial charge in [0, 0.05) is 5.75 Å². The van der Waals surface area contributed by atoms with E-state index in [1.807, 2.05) is 24.3 Å². The summed E-state index contributed by atoms with van der Waals surface area (Å²) in [4.78, 5) is 0. The van der Waals surface area contributed by atoms with E-state index in [9.17, 15) is 0 Å².